The fourth-order valence-electron chi connectivity index (χ4n) is 15.8. The summed E-state index contributed by atoms with van der Waals surface area (Å²) in [5, 5.41) is 31.8. The molecule has 20 heteroatoms. The number of aromatic nitrogens is 11. The van der Waals surface area contributed by atoms with Crippen LogP contribution in [0.4, 0.5) is 0 Å². The van der Waals surface area contributed by atoms with Crippen LogP contribution in [0.1, 0.15) is 0 Å². The quantitative estimate of drug-likeness (QED) is 0.143. The van der Waals surface area contributed by atoms with Crippen molar-refractivity contribution in [3.8, 4) is 87.1 Å². The maximum Gasteiger partial charge on any atom is 0.174 e. The molecule has 0 radical (unpaired) electrons. The Kier molecular flexibility index (Phi) is 18.0. The van der Waals surface area contributed by atoms with Crippen molar-refractivity contribution in [3.63, 3.8) is 0 Å². The van der Waals surface area contributed by atoms with Gasteiger partial charge in [-0.15, -0.1) is 102 Å². The molecule has 0 saturated carbocycles. The molecule has 26 rings (SSSR count). The second-order valence-electron chi connectivity index (χ2n) is 28.6. The summed E-state index contributed by atoms with van der Waals surface area (Å²) in [5.41, 5.74) is 12.6. The highest BCUT2D eigenvalue weighted by Crippen LogP contribution is 2.48. The Hall–Kier alpha value is -13.1. The van der Waals surface area contributed by atoms with Gasteiger partial charge in [0, 0.05) is 185 Å². The van der Waals surface area contributed by atoms with Crippen LogP contribution in [-0.2, 0) is 0 Å². The topological polar surface area (TPSA) is 142 Å². The second-order valence-corrected chi connectivity index (χ2v) is 37.3. The summed E-state index contributed by atoms with van der Waals surface area (Å²) < 4.78 is 10.8. The van der Waals surface area contributed by atoms with Gasteiger partial charge in [0.1, 0.15) is 16.7 Å². The smallest absolute Gasteiger partial charge is 0.174 e. The molecule has 0 aliphatic carbocycles. The van der Waals surface area contributed by atoms with E-state index in [1.165, 1.54) is 155 Å². The van der Waals surface area contributed by atoms with Crippen LogP contribution >= 0.6 is 102 Å². The predicted octanol–water partition coefficient (Wildman–Crippen LogP) is 30.1. The molecule has 0 fully saturated rings. The van der Waals surface area contributed by atoms with Gasteiger partial charge in [-0.05, 0) is 177 Å². The monoisotopic (exact) mass is 1690 g/mol. The van der Waals surface area contributed by atoms with Gasteiger partial charge in [-0.1, -0.05) is 152 Å². The minimum Gasteiger partial charge on any atom is -0.264 e. The number of rotatable bonds is 8. The first-order valence-corrected chi connectivity index (χ1v) is 45.8. The Labute approximate surface area is 714 Å². The molecule has 560 valence electrons. The first kappa shape index (κ1) is 71.2. The second kappa shape index (κ2) is 30.1. The lowest BCUT2D eigenvalue weighted by molar-refractivity contribution is 1.07. The lowest BCUT2D eigenvalue weighted by atomic mass is 10.0. The first-order chi connectivity index (χ1) is 58.9. The van der Waals surface area contributed by atoms with Crippen LogP contribution in [0.5, 0.6) is 0 Å². The van der Waals surface area contributed by atoms with Gasteiger partial charge in [-0.2, -0.15) is 0 Å². The first-order valence-electron chi connectivity index (χ1n) is 38.2. The van der Waals surface area contributed by atoms with Gasteiger partial charge in [0.25, 0.3) is 0 Å². The molecule has 11 aromatic carbocycles. The fraction of sp³-hybridized carbons (Fsp3) is 0. The molecule has 0 bridgehead atoms. The zero-order chi connectivity index (χ0) is 78.4. The number of hydrogen-bond acceptors (Lipinski definition) is 20. The van der Waals surface area contributed by atoms with E-state index in [9.17, 15) is 0 Å². The lowest BCUT2D eigenvalue weighted by Crippen LogP contribution is -1.99. The average molecular weight is 1690 g/mol. The molecule has 0 amide bonds. The minimum atomic E-state index is 0.604. The standard InChI is InChI=1S/C33H19N5S2.C24H14N2S2.C22H12N2S2.C20H10N2S3/c1-3-24(18-34-14-1)20-5-7-22(8-6-20)31-36-32(25-4-2-15-35-19-25)38-33(37-31)28-17-23-10-12-26-27(30(23)40-28)11-9-21-13-16-39-29(21)26;1-2-16(19-12-25-14-26-13-19)10-17(3-1)22-11-18-5-7-20-21(24(18)28-22)6-4-15-8-9-27-23(15)20;1-4-17-16(21-13(1)7-10-25-21)5-2-15-12-20(26-22(15)17)14-3-6-18-19(11-14)24-9-8-23-18;1-3-14-13(18-11(1)5-8-23-18)4-2-12-9-16(25-19(12)14)15-10-24-20-17(15)21-6-7-22-20/h1-19H;1-14H;1-12H;1-10H. The summed E-state index contributed by atoms with van der Waals surface area (Å²) in [5.74, 6) is 1.89. The average Bonchev–Trinajstić information content (AvgIpc) is 1.63. The van der Waals surface area contributed by atoms with Gasteiger partial charge >= 0.3 is 0 Å². The maximum absolute atomic E-state index is 4.98. The van der Waals surface area contributed by atoms with Gasteiger partial charge in [0.15, 0.2) is 17.5 Å². The molecule has 0 unspecified atom stereocenters. The summed E-state index contributed by atoms with van der Waals surface area (Å²) >= 11 is 16.2. The largest absolute Gasteiger partial charge is 0.264 e. The molecule has 15 aromatic heterocycles. The van der Waals surface area contributed by atoms with Crippen LogP contribution in [0.15, 0.2) is 332 Å². The summed E-state index contributed by atoms with van der Waals surface area (Å²) in [6.07, 6.45) is 19.5. The molecule has 0 atom stereocenters. The van der Waals surface area contributed by atoms with E-state index in [0.29, 0.717) is 17.5 Å². The molecule has 0 aliphatic heterocycles. The third-order valence-corrected chi connectivity index (χ3v) is 31.2. The molecule has 26 aromatic rings. The van der Waals surface area contributed by atoms with E-state index in [1.54, 1.807) is 83.7 Å². The Balaban J connectivity index is 0.0000000946. The number of benzene rings is 11. The Bertz CT molecular complexity index is 8410. The van der Waals surface area contributed by atoms with Crippen LogP contribution < -0.4 is 0 Å². The van der Waals surface area contributed by atoms with Crippen molar-refractivity contribution in [2.75, 3.05) is 0 Å². The van der Waals surface area contributed by atoms with E-state index >= 15 is 0 Å². The van der Waals surface area contributed by atoms with Gasteiger partial charge in [0.05, 0.1) is 15.9 Å². The molecule has 0 saturated heterocycles. The highest BCUT2D eigenvalue weighted by atomic mass is 32.1. The third-order valence-electron chi connectivity index (χ3n) is 21.6. The van der Waals surface area contributed by atoms with Crippen molar-refractivity contribution < 1.29 is 0 Å². The van der Waals surface area contributed by atoms with Crippen molar-refractivity contribution in [3.05, 3.63) is 332 Å². The van der Waals surface area contributed by atoms with E-state index in [1.807, 2.05) is 105 Å². The van der Waals surface area contributed by atoms with E-state index in [-0.39, 0.29) is 0 Å². The number of hydrogen-bond donors (Lipinski definition) is 0. The summed E-state index contributed by atoms with van der Waals surface area (Å²) in [4.78, 5) is 55.2. The third kappa shape index (κ3) is 13.1. The number of nitrogens with zero attached hydrogens (tertiary/aromatic N) is 11. The normalized spacial score (nSPS) is 11.7. The number of pyridine rings is 2. The summed E-state index contributed by atoms with van der Waals surface area (Å²) in [6.45, 7) is 0. The molecule has 0 N–H and O–H groups in total. The lowest BCUT2D eigenvalue weighted by Gasteiger charge is -2.08. The number of thiophene rings is 9. The summed E-state index contributed by atoms with van der Waals surface area (Å²) in [7, 11) is 0. The van der Waals surface area contributed by atoms with E-state index < -0.39 is 0 Å². The molecule has 11 nitrogen and oxygen atoms in total. The molecular formula is C99H55N11S9. The molecule has 15 heterocycles. The van der Waals surface area contributed by atoms with Crippen LogP contribution in [0, 0.1) is 0 Å². The predicted molar refractivity (Wildman–Crippen MR) is 511 cm³/mol. The van der Waals surface area contributed by atoms with E-state index in [0.717, 1.165) is 59.6 Å². The zero-order valence-electron chi connectivity index (χ0n) is 62.3. The van der Waals surface area contributed by atoms with Crippen molar-refractivity contribution in [1.82, 2.24) is 54.8 Å². The Morgan fingerprint density at radius 3 is 1.17 bits per heavy atom. The van der Waals surface area contributed by atoms with Crippen molar-refractivity contribution in [2.45, 2.75) is 0 Å². The van der Waals surface area contributed by atoms with Gasteiger partial charge < -0.3 is 0 Å². The van der Waals surface area contributed by atoms with Crippen LogP contribution in [-0.4, -0.2) is 54.8 Å². The molecule has 119 heavy (non-hydrogen) atoms. The summed E-state index contributed by atoms with van der Waals surface area (Å²) in [6, 6.07) is 84.9. The van der Waals surface area contributed by atoms with Crippen molar-refractivity contribution in [2.24, 2.45) is 0 Å². The van der Waals surface area contributed by atoms with E-state index in [2.05, 4.69) is 285 Å². The van der Waals surface area contributed by atoms with Crippen LogP contribution in [0.3, 0.4) is 0 Å². The van der Waals surface area contributed by atoms with E-state index in [4.69, 9.17) is 15.0 Å². The van der Waals surface area contributed by atoms with Crippen molar-refractivity contribution >= 4 is 247 Å². The minimum absolute atomic E-state index is 0.604. The van der Waals surface area contributed by atoms with Crippen LogP contribution in [0.25, 0.3) is 232 Å². The molecular weight excluding hydrogens is 1630 g/mol. The van der Waals surface area contributed by atoms with Crippen molar-refractivity contribution in [1.29, 1.82) is 0 Å². The Morgan fingerprint density at radius 1 is 0.227 bits per heavy atom. The van der Waals surface area contributed by atoms with Crippen LogP contribution in [0.2, 0.25) is 0 Å². The molecule has 0 spiro atoms. The fourth-order valence-corrected chi connectivity index (χ4v) is 25.1. The van der Waals surface area contributed by atoms with Gasteiger partial charge in [-0.25, -0.2) is 29.9 Å². The SMILES string of the molecule is c1cc(-c2cncnc2)cc(-c2cc3ccc4c(ccc5ccsc54)c3s2)c1.c1cnc2c(-c3cc4ccc5c(ccc6ccsc65)c4s3)csc2n1.c1cnc2cc(-c3cc4ccc5c(ccc6ccsc65)c4s3)ccc2n1.c1cncc(-c2ccc(-c3nc(-c4cccnc4)nc(-c4cc5ccc6c(ccc7ccsc76)c5s4)n3)cc2)c1. The Morgan fingerprint density at radius 2 is 0.630 bits per heavy atom. The maximum atomic E-state index is 4.98. The zero-order valence-corrected chi connectivity index (χ0v) is 69.7. The van der Waals surface area contributed by atoms with Gasteiger partial charge in [0.2, 0.25) is 0 Å². The van der Waals surface area contributed by atoms with Gasteiger partial charge in [-0.3, -0.25) is 24.9 Å². The highest BCUT2D eigenvalue weighted by molar-refractivity contribution is 7.26. The highest BCUT2D eigenvalue weighted by Gasteiger charge is 2.20. The molecule has 0 aliphatic rings. The number of fused-ring (bicyclic) bond motifs is 22.